The Labute approximate surface area is 158 Å². The van der Waals surface area contributed by atoms with Crippen LogP contribution in [-0.2, 0) is 11.3 Å². The summed E-state index contributed by atoms with van der Waals surface area (Å²) in [5.41, 5.74) is 9.10. The predicted molar refractivity (Wildman–Crippen MR) is 106 cm³/mol. The van der Waals surface area contributed by atoms with E-state index in [0.29, 0.717) is 23.4 Å². The molecule has 0 aromatic heterocycles. The summed E-state index contributed by atoms with van der Waals surface area (Å²) in [6.07, 6.45) is 0. The van der Waals surface area contributed by atoms with Gasteiger partial charge >= 0.3 is 0 Å². The Morgan fingerprint density at radius 3 is 2.41 bits per heavy atom. The molecule has 0 fully saturated rings. The third kappa shape index (κ3) is 3.62. The SMILES string of the molecule is CC1C(=O)N(C)Cc2cc(NC(=O)c3ccc(C(=N)N)cc3)ccc2N1C. The second kappa shape index (κ2) is 7.11. The molecule has 1 atom stereocenters. The van der Waals surface area contributed by atoms with Crippen molar-refractivity contribution < 1.29 is 9.59 Å². The summed E-state index contributed by atoms with van der Waals surface area (Å²) >= 11 is 0. The molecule has 0 radical (unpaired) electrons. The number of nitrogens with two attached hydrogens (primary N) is 1. The van der Waals surface area contributed by atoms with Gasteiger partial charge in [-0.25, -0.2) is 0 Å². The number of carbonyl (C=O) groups excluding carboxylic acids is 2. The van der Waals surface area contributed by atoms with E-state index >= 15 is 0 Å². The van der Waals surface area contributed by atoms with Gasteiger partial charge in [0.15, 0.2) is 0 Å². The van der Waals surface area contributed by atoms with Crippen molar-refractivity contribution >= 4 is 29.0 Å². The van der Waals surface area contributed by atoms with Crippen molar-refractivity contribution in [2.45, 2.75) is 19.5 Å². The molecule has 0 saturated carbocycles. The second-order valence-electron chi connectivity index (χ2n) is 6.77. The molecular weight excluding hydrogens is 342 g/mol. The lowest BCUT2D eigenvalue weighted by atomic mass is 10.1. The normalized spacial score (nSPS) is 16.6. The average Bonchev–Trinajstić information content (AvgIpc) is 2.73. The number of nitrogens with zero attached hydrogens (tertiary/aromatic N) is 2. The maximum Gasteiger partial charge on any atom is 0.255 e. The highest BCUT2D eigenvalue weighted by atomic mass is 16.2. The minimum absolute atomic E-state index is 0.0373. The largest absolute Gasteiger partial charge is 0.384 e. The lowest BCUT2D eigenvalue weighted by Crippen LogP contribution is -2.41. The van der Waals surface area contributed by atoms with Gasteiger partial charge in [-0.15, -0.1) is 0 Å². The molecule has 1 aliphatic heterocycles. The zero-order valence-electron chi connectivity index (χ0n) is 15.6. The number of amidine groups is 1. The van der Waals surface area contributed by atoms with Crippen molar-refractivity contribution in [2.24, 2.45) is 5.73 Å². The van der Waals surface area contributed by atoms with Crippen LogP contribution in [0.2, 0.25) is 0 Å². The third-order valence-electron chi connectivity index (χ3n) is 4.90. The first-order valence-corrected chi connectivity index (χ1v) is 8.64. The van der Waals surface area contributed by atoms with E-state index in [1.165, 1.54) is 0 Å². The Bertz CT molecular complexity index is 907. The van der Waals surface area contributed by atoms with E-state index in [2.05, 4.69) is 5.32 Å². The Morgan fingerprint density at radius 1 is 1.15 bits per heavy atom. The summed E-state index contributed by atoms with van der Waals surface area (Å²) in [4.78, 5) is 28.5. The van der Waals surface area contributed by atoms with Crippen molar-refractivity contribution in [3.05, 3.63) is 59.2 Å². The van der Waals surface area contributed by atoms with E-state index in [4.69, 9.17) is 11.1 Å². The Kier molecular flexibility index (Phi) is 4.85. The van der Waals surface area contributed by atoms with Gasteiger partial charge in [0.2, 0.25) is 5.91 Å². The van der Waals surface area contributed by atoms with E-state index in [1.54, 1.807) is 36.2 Å². The summed E-state index contributed by atoms with van der Waals surface area (Å²) in [6.45, 7) is 2.37. The van der Waals surface area contributed by atoms with Gasteiger partial charge in [0, 0.05) is 43.1 Å². The molecule has 7 heteroatoms. The van der Waals surface area contributed by atoms with Crippen LogP contribution in [0, 0.1) is 5.41 Å². The number of rotatable bonds is 3. The molecule has 0 saturated heterocycles. The van der Waals surface area contributed by atoms with Gasteiger partial charge in [-0.3, -0.25) is 15.0 Å². The third-order valence-corrected chi connectivity index (χ3v) is 4.90. The van der Waals surface area contributed by atoms with Crippen LogP contribution >= 0.6 is 0 Å². The standard InChI is InChI=1S/C20H23N5O2/c1-12-20(27)24(2)11-15-10-16(8-9-17(15)25(12)3)23-19(26)14-6-4-13(5-7-14)18(21)22/h4-10,12H,11H2,1-3H3,(H3,21,22)(H,23,26). The molecule has 1 heterocycles. The highest BCUT2D eigenvalue weighted by molar-refractivity contribution is 6.05. The number of carbonyl (C=O) groups is 2. The fraction of sp³-hybridized carbons (Fsp3) is 0.250. The van der Waals surface area contributed by atoms with E-state index in [0.717, 1.165) is 11.3 Å². The van der Waals surface area contributed by atoms with Crippen LogP contribution in [0.1, 0.15) is 28.4 Å². The van der Waals surface area contributed by atoms with E-state index in [9.17, 15) is 9.59 Å². The molecule has 0 bridgehead atoms. The van der Waals surface area contributed by atoms with E-state index < -0.39 is 0 Å². The minimum atomic E-state index is -0.246. The van der Waals surface area contributed by atoms with Gasteiger partial charge in [-0.1, -0.05) is 12.1 Å². The quantitative estimate of drug-likeness (QED) is 0.572. The summed E-state index contributed by atoms with van der Waals surface area (Å²) in [6, 6.07) is 12.0. The molecule has 1 unspecified atom stereocenters. The van der Waals surface area contributed by atoms with E-state index in [1.807, 2.05) is 37.1 Å². The zero-order chi connectivity index (χ0) is 19.7. The van der Waals surface area contributed by atoms with Crippen molar-refractivity contribution in [1.82, 2.24) is 4.90 Å². The van der Waals surface area contributed by atoms with Gasteiger partial charge in [0.25, 0.3) is 5.91 Å². The molecule has 27 heavy (non-hydrogen) atoms. The number of amides is 2. The zero-order valence-corrected chi connectivity index (χ0v) is 15.6. The summed E-state index contributed by atoms with van der Waals surface area (Å²) < 4.78 is 0. The number of anilines is 2. The van der Waals surface area contributed by atoms with Crippen molar-refractivity contribution in [3.63, 3.8) is 0 Å². The number of benzene rings is 2. The van der Waals surface area contributed by atoms with Gasteiger partial charge in [0.1, 0.15) is 11.9 Å². The topological polar surface area (TPSA) is 103 Å². The molecule has 0 spiro atoms. The minimum Gasteiger partial charge on any atom is -0.384 e. The van der Waals surface area contributed by atoms with Crippen LogP contribution in [0.3, 0.4) is 0 Å². The molecule has 3 rings (SSSR count). The van der Waals surface area contributed by atoms with Crippen LogP contribution in [-0.4, -0.2) is 42.7 Å². The lowest BCUT2D eigenvalue weighted by Gasteiger charge is -2.25. The van der Waals surface area contributed by atoms with Crippen LogP contribution < -0.4 is 16.0 Å². The first-order chi connectivity index (χ1) is 12.8. The number of fused-ring (bicyclic) bond motifs is 1. The molecule has 7 nitrogen and oxygen atoms in total. The van der Waals surface area contributed by atoms with Crippen LogP contribution in [0.4, 0.5) is 11.4 Å². The summed E-state index contributed by atoms with van der Waals surface area (Å²) in [7, 11) is 3.68. The number of hydrogen-bond acceptors (Lipinski definition) is 4. The fourth-order valence-electron chi connectivity index (χ4n) is 3.17. The maximum absolute atomic E-state index is 12.5. The molecule has 2 aromatic rings. The van der Waals surface area contributed by atoms with Crippen LogP contribution in [0.15, 0.2) is 42.5 Å². The Hall–Kier alpha value is -3.35. The van der Waals surface area contributed by atoms with Gasteiger partial charge in [-0.05, 0) is 42.8 Å². The van der Waals surface area contributed by atoms with Crippen molar-refractivity contribution in [3.8, 4) is 0 Å². The number of likely N-dealkylation sites (N-methyl/N-ethyl adjacent to an activating group) is 2. The monoisotopic (exact) mass is 365 g/mol. The second-order valence-corrected chi connectivity index (χ2v) is 6.77. The lowest BCUT2D eigenvalue weighted by molar-refractivity contribution is -0.131. The van der Waals surface area contributed by atoms with Crippen LogP contribution in [0.25, 0.3) is 0 Å². The molecule has 2 amide bonds. The summed E-state index contributed by atoms with van der Waals surface area (Å²) in [5.74, 6) is -0.223. The molecule has 4 N–H and O–H groups in total. The highest BCUT2D eigenvalue weighted by Crippen LogP contribution is 2.29. The van der Waals surface area contributed by atoms with Gasteiger partial charge < -0.3 is 20.9 Å². The first kappa shape index (κ1) is 18.4. The van der Waals surface area contributed by atoms with Crippen LogP contribution in [0.5, 0.6) is 0 Å². The van der Waals surface area contributed by atoms with Gasteiger partial charge in [-0.2, -0.15) is 0 Å². The average molecular weight is 365 g/mol. The molecule has 1 aliphatic rings. The van der Waals surface area contributed by atoms with Crippen molar-refractivity contribution in [2.75, 3.05) is 24.3 Å². The number of nitrogen functional groups attached to an aromatic ring is 1. The Morgan fingerprint density at radius 2 is 1.78 bits per heavy atom. The molecule has 140 valence electrons. The summed E-state index contributed by atoms with van der Waals surface area (Å²) in [5, 5.41) is 10.3. The molecule has 0 aliphatic carbocycles. The molecule has 2 aromatic carbocycles. The molecular formula is C20H23N5O2. The highest BCUT2D eigenvalue weighted by Gasteiger charge is 2.28. The number of nitrogens with one attached hydrogen (secondary N) is 2. The Balaban J connectivity index is 1.83. The predicted octanol–water partition coefficient (Wildman–Crippen LogP) is 2.02. The fourth-order valence-corrected chi connectivity index (χ4v) is 3.17. The first-order valence-electron chi connectivity index (χ1n) is 8.64. The number of hydrogen-bond donors (Lipinski definition) is 3. The van der Waals surface area contributed by atoms with Gasteiger partial charge in [0.05, 0.1) is 0 Å². The smallest absolute Gasteiger partial charge is 0.255 e. The van der Waals surface area contributed by atoms with E-state index in [-0.39, 0.29) is 23.7 Å². The van der Waals surface area contributed by atoms with Crippen molar-refractivity contribution in [1.29, 1.82) is 5.41 Å². The maximum atomic E-state index is 12.5.